The van der Waals surface area contributed by atoms with Crippen LogP contribution in [0.5, 0.6) is 0 Å². The molecule has 0 unspecified atom stereocenters. The lowest BCUT2D eigenvalue weighted by Crippen LogP contribution is -2.38. The highest BCUT2D eigenvalue weighted by Crippen LogP contribution is 2.55. The summed E-state index contributed by atoms with van der Waals surface area (Å²) in [5.74, 6) is 2.32. The lowest BCUT2D eigenvalue weighted by molar-refractivity contribution is 0.0834. The fourth-order valence-electron chi connectivity index (χ4n) is 4.85. The average molecular weight is 290 g/mol. The van der Waals surface area contributed by atoms with Gasteiger partial charge in [0.05, 0.1) is 0 Å². The van der Waals surface area contributed by atoms with Crippen LogP contribution in [0.15, 0.2) is 54.1 Å². The van der Waals surface area contributed by atoms with Gasteiger partial charge in [-0.15, -0.1) is 0 Å². The number of hydrogen-bond donors (Lipinski definition) is 0. The molecule has 4 rings (SSSR count). The van der Waals surface area contributed by atoms with Gasteiger partial charge in [0.2, 0.25) is 0 Å². The molecule has 0 radical (unpaired) electrons. The van der Waals surface area contributed by atoms with Gasteiger partial charge in [-0.25, -0.2) is 0 Å². The zero-order valence-electron chi connectivity index (χ0n) is 14.0. The third kappa shape index (κ3) is 2.20. The van der Waals surface area contributed by atoms with Gasteiger partial charge < -0.3 is 0 Å². The van der Waals surface area contributed by atoms with E-state index in [0.29, 0.717) is 11.3 Å². The van der Waals surface area contributed by atoms with Crippen LogP contribution in [0, 0.1) is 17.3 Å². The summed E-state index contributed by atoms with van der Waals surface area (Å²) in [6.07, 6.45) is 6.52. The maximum atomic E-state index is 2.52. The lowest BCUT2D eigenvalue weighted by Gasteiger charge is -2.49. The molecule has 0 aliphatic heterocycles. The Labute approximate surface area is 134 Å². The van der Waals surface area contributed by atoms with Crippen LogP contribution in [0.4, 0.5) is 0 Å². The summed E-state index contributed by atoms with van der Waals surface area (Å²) in [4.78, 5) is 0. The molecule has 3 atom stereocenters. The van der Waals surface area contributed by atoms with Gasteiger partial charge in [-0.2, -0.15) is 0 Å². The van der Waals surface area contributed by atoms with Gasteiger partial charge in [0.1, 0.15) is 0 Å². The van der Waals surface area contributed by atoms with Crippen LogP contribution in [0.25, 0.3) is 10.8 Å². The molecular weight excluding hydrogens is 264 g/mol. The molecule has 0 heteroatoms. The van der Waals surface area contributed by atoms with Gasteiger partial charge >= 0.3 is 0 Å². The molecule has 1 saturated carbocycles. The number of fused-ring (bicyclic) bond motifs is 3. The summed E-state index contributed by atoms with van der Waals surface area (Å²) >= 11 is 0. The summed E-state index contributed by atoms with van der Waals surface area (Å²) in [7, 11) is 0. The van der Waals surface area contributed by atoms with E-state index < -0.39 is 0 Å². The highest BCUT2D eigenvalue weighted by atomic mass is 14.5. The van der Waals surface area contributed by atoms with E-state index in [9.17, 15) is 0 Å². The Kier molecular flexibility index (Phi) is 3.18. The zero-order chi connectivity index (χ0) is 15.3. The standard InChI is InChI=1S/C22H26/c1-15-8-11-19-13-20(15)21(14-22(19,2)3)18-10-9-16-6-4-5-7-17(16)12-18/h4-10,12,19-21H,11,13-14H2,1-3H3/t19-,20-,21-/m0/s1. The van der Waals surface area contributed by atoms with Crippen LogP contribution >= 0.6 is 0 Å². The molecule has 2 aliphatic rings. The summed E-state index contributed by atoms with van der Waals surface area (Å²) in [5.41, 5.74) is 3.64. The van der Waals surface area contributed by atoms with Crippen LogP contribution in [-0.4, -0.2) is 0 Å². The Bertz CT molecular complexity index is 735. The molecule has 0 heterocycles. The van der Waals surface area contributed by atoms with Crippen molar-refractivity contribution in [3.8, 4) is 0 Å². The van der Waals surface area contributed by atoms with E-state index in [4.69, 9.17) is 0 Å². The van der Waals surface area contributed by atoms with Crippen LogP contribution in [-0.2, 0) is 0 Å². The predicted molar refractivity (Wildman–Crippen MR) is 95.1 cm³/mol. The van der Waals surface area contributed by atoms with Crippen molar-refractivity contribution >= 4 is 10.8 Å². The maximum Gasteiger partial charge on any atom is -0.00909 e. The second kappa shape index (κ2) is 4.98. The van der Waals surface area contributed by atoms with Gasteiger partial charge in [-0.1, -0.05) is 68.0 Å². The minimum absolute atomic E-state index is 0.462. The number of rotatable bonds is 1. The largest absolute Gasteiger partial charge is 0.0850 e. The molecule has 1 fully saturated rings. The number of allylic oxidation sites excluding steroid dienone is 2. The Morgan fingerprint density at radius 3 is 2.55 bits per heavy atom. The Morgan fingerprint density at radius 1 is 0.955 bits per heavy atom. The second-order valence-corrected chi connectivity index (χ2v) is 8.13. The third-order valence-electron chi connectivity index (χ3n) is 6.39. The fraction of sp³-hybridized carbons (Fsp3) is 0.455. The minimum Gasteiger partial charge on any atom is -0.0850 e. The van der Waals surface area contributed by atoms with Crippen molar-refractivity contribution in [3.63, 3.8) is 0 Å². The Morgan fingerprint density at radius 2 is 1.73 bits per heavy atom. The van der Waals surface area contributed by atoms with Crippen LogP contribution in [0.3, 0.4) is 0 Å². The van der Waals surface area contributed by atoms with Crippen molar-refractivity contribution in [2.45, 2.75) is 46.0 Å². The molecule has 2 aliphatic carbocycles. The fourth-order valence-corrected chi connectivity index (χ4v) is 4.85. The molecule has 22 heavy (non-hydrogen) atoms. The van der Waals surface area contributed by atoms with E-state index in [2.05, 4.69) is 69.3 Å². The summed E-state index contributed by atoms with van der Waals surface area (Å²) in [6.45, 7) is 7.32. The predicted octanol–water partition coefficient (Wildman–Crippen LogP) is 6.33. The van der Waals surface area contributed by atoms with Crippen molar-refractivity contribution in [1.29, 1.82) is 0 Å². The molecule has 0 spiro atoms. The average Bonchev–Trinajstić information content (AvgIpc) is 2.52. The van der Waals surface area contributed by atoms with Gasteiger partial charge in [-0.3, -0.25) is 0 Å². The summed E-state index contributed by atoms with van der Waals surface area (Å²) < 4.78 is 0. The van der Waals surface area contributed by atoms with E-state index in [0.717, 1.165) is 11.8 Å². The summed E-state index contributed by atoms with van der Waals surface area (Å²) in [6, 6.07) is 15.9. The summed E-state index contributed by atoms with van der Waals surface area (Å²) in [5, 5.41) is 2.74. The smallest absolute Gasteiger partial charge is 0.00909 e. The molecule has 2 aromatic carbocycles. The number of hydrogen-bond acceptors (Lipinski definition) is 0. The van der Waals surface area contributed by atoms with Crippen molar-refractivity contribution in [2.24, 2.45) is 17.3 Å². The van der Waals surface area contributed by atoms with E-state index in [1.165, 1.54) is 30.0 Å². The van der Waals surface area contributed by atoms with E-state index >= 15 is 0 Å². The molecule has 0 saturated heterocycles. The van der Waals surface area contributed by atoms with E-state index in [-0.39, 0.29) is 0 Å². The molecule has 114 valence electrons. The van der Waals surface area contributed by atoms with Gasteiger partial charge in [0.25, 0.3) is 0 Å². The van der Waals surface area contributed by atoms with Gasteiger partial charge in [0, 0.05) is 0 Å². The first kappa shape index (κ1) is 14.1. The van der Waals surface area contributed by atoms with Gasteiger partial charge in [-0.05, 0) is 65.7 Å². The number of benzene rings is 2. The topological polar surface area (TPSA) is 0 Å². The monoisotopic (exact) mass is 290 g/mol. The molecule has 0 amide bonds. The van der Waals surface area contributed by atoms with Crippen molar-refractivity contribution < 1.29 is 0 Å². The molecule has 0 N–H and O–H groups in total. The SMILES string of the molecule is CC1=CC[C@H]2C[C@@H]1[C@H](c1ccc3ccccc3c1)CC2(C)C. The van der Waals surface area contributed by atoms with Crippen molar-refractivity contribution in [2.75, 3.05) is 0 Å². The Balaban J connectivity index is 1.78. The zero-order valence-corrected chi connectivity index (χ0v) is 14.0. The Hall–Kier alpha value is -1.56. The van der Waals surface area contributed by atoms with Crippen molar-refractivity contribution in [3.05, 3.63) is 59.7 Å². The third-order valence-corrected chi connectivity index (χ3v) is 6.39. The quantitative estimate of drug-likeness (QED) is 0.539. The molecular formula is C22H26. The first-order valence-corrected chi connectivity index (χ1v) is 8.70. The lowest BCUT2D eigenvalue weighted by atomic mass is 9.55. The van der Waals surface area contributed by atoms with Gasteiger partial charge in [0.15, 0.2) is 0 Å². The minimum atomic E-state index is 0.462. The highest BCUT2D eigenvalue weighted by Gasteiger charge is 2.44. The first-order chi connectivity index (χ1) is 10.5. The normalized spacial score (nSPS) is 30.1. The molecule has 0 nitrogen and oxygen atoms in total. The van der Waals surface area contributed by atoms with Crippen molar-refractivity contribution in [1.82, 2.24) is 0 Å². The molecule has 0 aromatic heterocycles. The molecule has 2 aromatic rings. The van der Waals surface area contributed by atoms with Crippen LogP contribution in [0.2, 0.25) is 0 Å². The molecule has 2 bridgehead atoms. The van der Waals surface area contributed by atoms with Crippen LogP contribution in [0.1, 0.15) is 51.5 Å². The van der Waals surface area contributed by atoms with Crippen LogP contribution < -0.4 is 0 Å². The first-order valence-electron chi connectivity index (χ1n) is 8.70. The maximum absolute atomic E-state index is 2.52. The highest BCUT2D eigenvalue weighted by molar-refractivity contribution is 5.83. The second-order valence-electron chi connectivity index (χ2n) is 8.13. The van der Waals surface area contributed by atoms with E-state index in [1.807, 2.05) is 0 Å². The van der Waals surface area contributed by atoms with E-state index in [1.54, 1.807) is 11.1 Å².